The van der Waals surface area contributed by atoms with Gasteiger partial charge in [0.05, 0.1) is 11.9 Å². The lowest BCUT2D eigenvalue weighted by Gasteiger charge is -2.10. The number of nitrogens with one attached hydrogen (secondary N) is 1. The number of ether oxygens (including phenoxy) is 1. The molecule has 94 valence electrons. The Kier molecular flexibility index (Phi) is 3.80. The molecule has 8 heteroatoms. The van der Waals surface area contributed by atoms with Crippen LogP contribution >= 0.6 is 11.6 Å². The van der Waals surface area contributed by atoms with Gasteiger partial charge in [0.15, 0.2) is 11.0 Å². The Balaban J connectivity index is 1.98. The minimum absolute atomic E-state index is 0.0582. The summed E-state index contributed by atoms with van der Waals surface area (Å²) in [4.78, 5) is 0. The summed E-state index contributed by atoms with van der Waals surface area (Å²) in [7, 11) is -3.45. The second-order valence-corrected chi connectivity index (χ2v) is 5.91. The van der Waals surface area contributed by atoms with Crippen LogP contribution in [0.25, 0.3) is 0 Å². The summed E-state index contributed by atoms with van der Waals surface area (Å²) in [5.41, 5.74) is 0. The zero-order valence-corrected chi connectivity index (χ0v) is 10.5. The van der Waals surface area contributed by atoms with Crippen LogP contribution in [-0.2, 0) is 14.8 Å². The van der Waals surface area contributed by atoms with E-state index >= 15 is 0 Å². The van der Waals surface area contributed by atoms with Crippen LogP contribution in [0.2, 0.25) is 5.15 Å². The van der Waals surface area contributed by atoms with E-state index < -0.39 is 10.0 Å². The molecular formula is C9H12ClN3O3S. The molecule has 1 unspecified atom stereocenters. The van der Waals surface area contributed by atoms with Gasteiger partial charge in [-0.2, -0.15) is 0 Å². The lowest BCUT2D eigenvalue weighted by atomic mass is 10.3. The van der Waals surface area contributed by atoms with Crippen molar-refractivity contribution in [3.8, 4) is 0 Å². The van der Waals surface area contributed by atoms with Crippen molar-refractivity contribution in [3.05, 3.63) is 17.3 Å². The second-order valence-electron chi connectivity index (χ2n) is 3.76. The average molecular weight is 278 g/mol. The molecule has 1 aliphatic rings. The number of nitrogens with zero attached hydrogens (tertiary/aromatic N) is 2. The van der Waals surface area contributed by atoms with Crippen molar-refractivity contribution in [1.29, 1.82) is 0 Å². The molecule has 1 N–H and O–H groups in total. The topological polar surface area (TPSA) is 81.2 Å². The molecule has 1 aromatic heterocycles. The third-order valence-electron chi connectivity index (χ3n) is 2.32. The summed E-state index contributed by atoms with van der Waals surface area (Å²) in [5.74, 6) is 0.101. The van der Waals surface area contributed by atoms with E-state index in [0.717, 1.165) is 12.8 Å². The van der Waals surface area contributed by atoms with E-state index in [4.69, 9.17) is 16.3 Å². The number of anilines is 1. The van der Waals surface area contributed by atoms with Crippen LogP contribution in [0.3, 0.4) is 0 Å². The lowest BCUT2D eigenvalue weighted by Crippen LogP contribution is -2.26. The molecule has 0 aromatic carbocycles. The van der Waals surface area contributed by atoms with Crippen molar-refractivity contribution in [3.63, 3.8) is 0 Å². The number of aromatic nitrogens is 2. The van der Waals surface area contributed by atoms with E-state index in [2.05, 4.69) is 14.9 Å². The molecule has 6 nitrogen and oxygen atoms in total. The Bertz CT molecular complexity index is 471. The summed E-state index contributed by atoms with van der Waals surface area (Å²) in [5, 5.41) is 7.39. The predicted molar refractivity (Wildman–Crippen MR) is 63.4 cm³/mol. The zero-order chi connectivity index (χ0) is 12.3. The van der Waals surface area contributed by atoms with Gasteiger partial charge in [0.1, 0.15) is 0 Å². The first kappa shape index (κ1) is 12.5. The standard InChI is InChI=1S/C9H12ClN3O3S/c10-8-3-4-9(12-11-8)13-17(14,15)6-7-2-1-5-16-7/h3-4,7H,1-2,5-6H2,(H,12,13). The molecule has 1 saturated heterocycles. The minimum Gasteiger partial charge on any atom is -0.377 e. The van der Waals surface area contributed by atoms with Crippen molar-refractivity contribution in [2.24, 2.45) is 0 Å². The molecule has 17 heavy (non-hydrogen) atoms. The maximum Gasteiger partial charge on any atom is 0.236 e. The highest BCUT2D eigenvalue weighted by Gasteiger charge is 2.23. The summed E-state index contributed by atoms with van der Waals surface area (Å²) in [6.45, 7) is 0.626. The van der Waals surface area contributed by atoms with Gasteiger partial charge in [0, 0.05) is 6.61 Å². The Morgan fingerprint density at radius 2 is 2.29 bits per heavy atom. The minimum atomic E-state index is -3.45. The van der Waals surface area contributed by atoms with E-state index in [0.29, 0.717) is 6.61 Å². The van der Waals surface area contributed by atoms with Crippen molar-refractivity contribution in [1.82, 2.24) is 10.2 Å². The summed E-state index contributed by atoms with van der Waals surface area (Å²) >= 11 is 5.55. The molecule has 1 fully saturated rings. The summed E-state index contributed by atoms with van der Waals surface area (Å²) in [6, 6.07) is 2.93. The van der Waals surface area contributed by atoms with Crippen molar-refractivity contribution >= 4 is 27.4 Å². The summed E-state index contributed by atoms with van der Waals surface area (Å²) in [6.07, 6.45) is 1.45. The van der Waals surface area contributed by atoms with Gasteiger partial charge in [-0.05, 0) is 25.0 Å². The van der Waals surface area contributed by atoms with Gasteiger partial charge in [-0.15, -0.1) is 10.2 Å². The number of rotatable bonds is 4. The molecule has 0 amide bonds. The third kappa shape index (κ3) is 3.79. The quantitative estimate of drug-likeness (QED) is 0.890. The molecule has 1 atom stereocenters. The van der Waals surface area contributed by atoms with Crippen molar-refractivity contribution in [2.75, 3.05) is 17.1 Å². The van der Waals surface area contributed by atoms with Gasteiger partial charge in [0.25, 0.3) is 0 Å². The average Bonchev–Trinajstić information content (AvgIpc) is 2.73. The Hall–Kier alpha value is -0.920. The van der Waals surface area contributed by atoms with E-state index in [1.807, 2.05) is 0 Å². The van der Waals surface area contributed by atoms with Crippen LogP contribution in [0.5, 0.6) is 0 Å². The van der Waals surface area contributed by atoms with Crippen LogP contribution in [0.15, 0.2) is 12.1 Å². The largest absolute Gasteiger partial charge is 0.377 e. The molecule has 0 aliphatic carbocycles. The zero-order valence-electron chi connectivity index (χ0n) is 8.97. The monoisotopic (exact) mass is 277 g/mol. The summed E-state index contributed by atoms with van der Waals surface area (Å²) < 4.78 is 31.1. The van der Waals surface area contributed by atoms with Crippen LogP contribution in [0.1, 0.15) is 12.8 Å². The molecule has 0 saturated carbocycles. The molecule has 2 heterocycles. The van der Waals surface area contributed by atoms with Crippen LogP contribution in [0, 0.1) is 0 Å². The fourth-order valence-corrected chi connectivity index (χ4v) is 2.96. The normalized spacial score (nSPS) is 20.4. The van der Waals surface area contributed by atoms with Gasteiger partial charge >= 0.3 is 0 Å². The molecule has 1 aromatic rings. The van der Waals surface area contributed by atoms with Gasteiger partial charge in [-0.25, -0.2) is 8.42 Å². The third-order valence-corrected chi connectivity index (χ3v) is 3.85. The first-order valence-electron chi connectivity index (χ1n) is 5.16. The number of hydrogen-bond donors (Lipinski definition) is 1. The maximum absolute atomic E-state index is 11.7. The smallest absolute Gasteiger partial charge is 0.236 e. The molecular weight excluding hydrogens is 266 g/mol. The fourth-order valence-electron chi connectivity index (χ4n) is 1.59. The van der Waals surface area contributed by atoms with Crippen molar-refractivity contribution < 1.29 is 13.2 Å². The van der Waals surface area contributed by atoms with E-state index in [1.165, 1.54) is 12.1 Å². The Labute approximate surface area is 104 Å². The van der Waals surface area contributed by atoms with Crippen molar-refractivity contribution in [2.45, 2.75) is 18.9 Å². The predicted octanol–water partition coefficient (Wildman–Crippen LogP) is 1.05. The maximum atomic E-state index is 11.7. The fraction of sp³-hybridized carbons (Fsp3) is 0.556. The molecule has 1 aliphatic heterocycles. The lowest BCUT2D eigenvalue weighted by molar-refractivity contribution is 0.127. The molecule has 0 radical (unpaired) electrons. The number of halogens is 1. The van der Waals surface area contributed by atoms with Gasteiger partial charge in [-0.1, -0.05) is 11.6 Å². The number of sulfonamides is 1. The van der Waals surface area contributed by atoms with Crippen LogP contribution < -0.4 is 4.72 Å². The first-order valence-corrected chi connectivity index (χ1v) is 7.19. The Morgan fingerprint density at radius 3 is 2.88 bits per heavy atom. The Morgan fingerprint density at radius 1 is 1.47 bits per heavy atom. The highest BCUT2D eigenvalue weighted by molar-refractivity contribution is 7.92. The SMILES string of the molecule is O=S(=O)(CC1CCCO1)Nc1ccc(Cl)nn1. The number of hydrogen-bond acceptors (Lipinski definition) is 5. The first-order chi connectivity index (χ1) is 8.05. The second kappa shape index (κ2) is 5.16. The molecule has 0 bridgehead atoms. The van der Waals surface area contributed by atoms with E-state index in [-0.39, 0.29) is 22.8 Å². The van der Waals surface area contributed by atoms with E-state index in [9.17, 15) is 8.42 Å². The highest BCUT2D eigenvalue weighted by atomic mass is 35.5. The van der Waals surface area contributed by atoms with Crippen LogP contribution in [-0.4, -0.2) is 37.1 Å². The van der Waals surface area contributed by atoms with Gasteiger partial charge in [-0.3, -0.25) is 4.72 Å². The van der Waals surface area contributed by atoms with Gasteiger partial charge < -0.3 is 4.74 Å². The van der Waals surface area contributed by atoms with Crippen LogP contribution in [0.4, 0.5) is 5.82 Å². The van der Waals surface area contributed by atoms with E-state index in [1.54, 1.807) is 0 Å². The molecule has 2 rings (SSSR count). The highest BCUT2D eigenvalue weighted by Crippen LogP contribution is 2.15. The van der Waals surface area contributed by atoms with Gasteiger partial charge in [0.2, 0.25) is 10.0 Å². The molecule has 0 spiro atoms.